The second kappa shape index (κ2) is 7.03. The van der Waals surface area contributed by atoms with Crippen LogP contribution >= 0.6 is 11.3 Å². The third kappa shape index (κ3) is 3.29. The number of benzene rings is 2. The number of hydrogen-bond acceptors (Lipinski definition) is 5. The van der Waals surface area contributed by atoms with Gasteiger partial charge >= 0.3 is 5.97 Å². The molecule has 0 saturated carbocycles. The van der Waals surface area contributed by atoms with Gasteiger partial charge in [0.2, 0.25) is 0 Å². The van der Waals surface area contributed by atoms with Crippen LogP contribution in [-0.4, -0.2) is 28.1 Å². The van der Waals surface area contributed by atoms with Gasteiger partial charge in [-0.2, -0.15) is 0 Å². The first-order valence-corrected chi connectivity index (χ1v) is 9.30. The highest BCUT2D eigenvalue weighted by Gasteiger charge is 2.37. The van der Waals surface area contributed by atoms with Crippen LogP contribution in [0.15, 0.2) is 24.3 Å². The number of amides is 1. The van der Waals surface area contributed by atoms with Crippen LogP contribution in [0.3, 0.4) is 0 Å². The highest BCUT2D eigenvalue weighted by atomic mass is 32.1. The predicted octanol–water partition coefficient (Wildman–Crippen LogP) is 3.79. The largest absolute Gasteiger partial charge is 0.481 e. The monoisotopic (exact) mass is 422 g/mol. The Morgan fingerprint density at radius 1 is 1.31 bits per heavy atom. The average molecular weight is 422 g/mol. The van der Waals surface area contributed by atoms with Crippen LogP contribution in [0.1, 0.15) is 17.0 Å². The van der Waals surface area contributed by atoms with Crippen LogP contribution in [0.5, 0.6) is 5.75 Å². The quantitative estimate of drug-likeness (QED) is 0.647. The van der Waals surface area contributed by atoms with E-state index in [9.17, 15) is 22.8 Å². The molecule has 2 aromatic carbocycles. The Labute approximate surface area is 166 Å². The molecule has 1 aliphatic rings. The van der Waals surface area contributed by atoms with Gasteiger partial charge in [0.15, 0.2) is 17.7 Å². The van der Waals surface area contributed by atoms with Gasteiger partial charge in [0.1, 0.15) is 22.1 Å². The van der Waals surface area contributed by atoms with Crippen molar-refractivity contribution in [2.75, 3.05) is 4.90 Å². The molecule has 0 spiro atoms. The van der Waals surface area contributed by atoms with Crippen molar-refractivity contribution in [3.63, 3.8) is 0 Å². The Kier molecular flexibility index (Phi) is 4.65. The normalized spacial score (nSPS) is 16.1. The van der Waals surface area contributed by atoms with E-state index in [0.717, 1.165) is 11.3 Å². The van der Waals surface area contributed by atoms with E-state index >= 15 is 0 Å². The number of hydrogen-bond donors (Lipinski definition) is 1. The highest BCUT2D eigenvalue weighted by molar-refractivity contribution is 7.18. The molecular formula is C19H13F3N2O4S. The van der Waals surface area contributed by atoms with Gasteiger partial charge in [0.25, 0.3) is 5.91 Å². The van der Waals surface area contributed by atoms with E-state index in [2.05, 4.69) is 4.98 Å². The molecule has 29 heavy (non-hydrogen) atoms. The average Bonchev–Trinajstić information content (AvgIpc) is 3.07. The molecule has 1 aliphatic heterocycles. The van der Waals surface area contributed by atoms with E-state index in [1.165, 1.54) is 4.90 Å². The molecule has 1 aromatic heterocycles. The number of rotatable bonds is 4. The summed E-state index contributed by atoms with van der Waals surface area (Å²) in [6.07, 6.45) is -1.79. The maximum absolute atomic E-state index is 14.0. The fourth-order valence-electron chi connectivity index (χ4n) is 3.24. The number of thiazole rings is 1. The minimum atomic E-state index is -1.35. The molecule has 1 atom stereocenters. The summed E-state index contributed by atoms with van der Waals surface area (Å²) in [5.41, 5.74) is 0.662. The number of carbonyl (C=O) groups excluding carboxylic acids is 1. The van der Waals surface area contributed by atoms with E-state index in [1.807, 2.05) is 0 Å². The molecule has 2 heterocycles. The van der Waals surface area contributed by atoms with E-state index in [1.54, 1.807) is 25.1 Å². The zero-order valence-corrected chi connectivity index (χ0v) is 15.7. The zero-order chi connectivity index (χ0) is 20.9. The number of fused-ring (bicyclic) bond motifs is 2. The molecule has 1 N–H and O–H groups in total. The van der Waals surface area contributed by atoms with Crippen molar-refractivity contribution in [2.45, 2.75) is 26.0 Å². The molecule has 0 bridgehead atoms. The fourth-order valence-corrected chi connectivity index (χ4v) is 4.19. The van der Waals surface area contributed by atoms with E-state index in [4.69, 9.17) is 9.84 Å². The summed E-state index contributed by atoms with van der Waals surface area (Å²) in [7, 11) is 0. The number of aryl methyl sites for hydroxylation is 1. The topological polar surface area (TPSA) is 79.7 Å². The molecule has 10 heteroatoms. The highest BCUT2D eigenvalue weighted by Crippen LogP contribution is 2.39. The minimum Gasteiger partial charge on any atom is -0.481 e. The number of nitrogens with zero attached hydrogens (tertiary/aromatic N) is 2. The van der Waals surface area contributed by atoms with Crippen LogP contribution in [-0.2, 0) is 16.1 Å². The lowest BCUT2D eigenvalue weighted by Gasteiger charge is -2.34. The van der Waals surface area contributed by atoms with Crippen molar-refractivity contribution in [2.24, 2.45) is 0 Å². The number of aromatic nitrogens is 1. The predicted molar refractivity (Wildman–Crippen MR) is 98.5 cm³/mol. The lowest BCUT2D eigenvalue weighted by atomic mass is 10.1. The van der Waals surface area contributed by atoms with Gasteiger partial charge in [-0.25, -0.2) is 18.2 Å². The van der Waals surface area contributed by atoms with E-state index in [0.29, 0.717) is 23.1 Å². The molecule has 150 valence electrons. The number of anilines is 1. The standard InChI is InChI=1S/C19H13F3N2O4S/c1-8-3-2-4-11-17(8)24(19(27)12(28-11)6-14(25)26)7-13-23-16-15(22)9(20)5-10(21)18(16)29-13/h2-5,12H,6-7H2,1H3,(H,25,26). The van der Waals surface area contributed by atoms with Gasteiger partial charge in [-0.05, 0) is 18.6 Å². The summed E-state index contributed by atoms with van der Waals surface area (Å²) >= 11 is 0.794. The molecular weight excluding hydrogens is 409 g/mol. The maximum atomic E-state index is 14.0. The van der Waals surface area contributed by atoms with Crippen molar-refractivity contribution in [3.05, 3.63) is 52.3 Å². The molecule has 1 amide bonds. The van der Waals surface area contributed by atoms with Crippen LogP contribution in [0, 0.1) is 24.4 Å². The summed E-state index contributed by atoms with van der Waals surface area (Å²) in [6, 6.07) is 5.49. The van der Waals surface area contributed by atoms with Crippen LogP contribution < -0.4 is 9.64 Å². The third-order valence-corrected chi connectivity index (χ3v) is 5.54. The van der Waals surface area contributed by atoms with E-state index in [-0.39, 0.29) is 16.3 Å². The second-order valence-electron chi connectivity index (χ2n) is 6.49. The van der Waals surface area contributed by atoms with Gasteiger partial charge in [0.05, 0.1) is 23.4 Å². The van der Waals surface area contributed by atoms with Crippen molar-refractivity contribution < 1.29 is 32.6 Å². The number of carboxylic acids is 1. The van der Waals surface area contributed by atoms with Gasteiger partial charge < -0.3 is 9.84 Å². The number of para-hydroxylation sites is 1. The molecule has 1 unspecified atom stereocenters. The Morgan fingerprint density at radius 3 is 2.79 bits per heavy atom. The Morgan fingerprint density at radius 2 is 2.07 bits per heavy atom. The summed E-state index contributed by atoms with van der Waals surface area (Å²) < 4.78 is 46.9. The SMILES string of the molecule is Cc1cccc2c1N(Cc1nc3c(F)c(F)cc(F)c3s1)C(=O)C(CC(=O)O)O2. The molecule has 3 aromatic rings. The van der Waals surface area contributed by atoms with Crippen LogP contribution in [0.2, 0.25) is 0 Å². The first-order chi connectivity index (χ1) is 13.8. The lowest BCUT2D eigenvalue weighted by Crippen LogP contribution is -2.46. The van der Waals surface area contributed by atoms with Gasteiger partial charge in [-0.3, -0.25) is 14.5 Å². The van der Waals surface area contributed by atoms with Crippen molar-refractivity contribution >= 4 is 39.1 Å². The smallest absolute Gasteiger partial charge is 0.307 e. The molecule has 0 saturated heterocycles. The van der Waals surface area contributed by atoms with Crippen molar-refractivity contribution in [1.82, 2.24) is 4.98 Å². The molecule has 6 nitrogen and oxygen atoms in total. The van der Waals surface area contributed by atoms with Crippen molar-refractivity contribution in [3.8, 4) is 5.75 Å². The van der Waals surface area contributed by atoms with Gasteiger partial charge in [0, 0.05) is 6.07 Å². The van der Waals surface area contributed by atoms with Crippen molar-refractivity contribution in [1.29, 1.82) is 0 Å². The number of carbonyl (C=O) groups is 2. The summed E-state index contributed by atoms with van der Waals surface area (Å²) in [6.45, 7) is 1.57. The molecule has 0 radical (unpaired) electrons. The number of aliphatic carboxylic acids is 1. The zero-order valence-electron chi connectivity index (χ0n) is 14.9. The first-order valence-electron chi connectivity index (χ1n) is 8.48. The summed E-state index contributed by atoms with van der Waals surface area (Å²) in [5.74, 6) is -5.06. The molecule has 0 fully saturated rings. The first kappa shape index (κ1) is 19.2. The third-order valence-electron chi connectivity index (χ3n) is 4.49. The van der Waals surface area contributed by atoms with Crippen LogP contribution in [0.25, 0.3) is 10.2 Å². The number of carboxylic acid groups (broad SMARTS) is 1. The minimum absolute atomic E-state index is 0.160. The second-order valence-corrected chi connectivity index (χ2v) is 7.57. The molecule has 0 aliphatic carbocycles. The lowest BCUT2D eigenvalue weighted by molar-refractivity contribution is -0.142. The Balaban J connectivity index is 1.78. The van der Waals surface area contributed by atoms with Gasteiger partial charge in [-0.15, -0.1) is 11.3 Å². The summed E-state index contributed by atoms with van der Waals surface area (Å²) in [5, 5.41) is 9.23. The Bertz CT molecular complexity index is 1160. The number of halogens is 3. The number of ether oxygens (including phenoxy) is 1. The summed E-state index contributed by atoms with van der Waals surface area (Å²) in [4.78, 5) is 29.2. The van der Waals surface area contributed by atoms with Crippen LogP contribution in [0.4, 0.5) is 18.9 Å². The fraction of sp³-hybridized carbons (Fsp3) is 0.211. The van der Waals surface area contributed by atoms with E-state index < -0.39 is 47.4 Å². The van der Waals surface area contributed by atoms with Gasteiger partial charge in [-0.1, -0.05) is 12.1 Å². The maximum Gasteiger partial charge on any atom is 0.307 e. The molecule has 4 rings (SSSR count). The Hall–Kier alpha value is -3.14.